The minimum absolute atomic E-state index is 0.135. The van der Waals surface area contributed by atoms with Crippen LogP contribution < -0.4 is 0 Å². The summed E-state index contributed by atoms with van der Waals surface area (Å²) in [7, 11) is -3.54. The van der Waals surface area contributed by atoms with E-state index in [-0.39, 0.29) is 34.9 Å². The minimum Gasteiger partial charge on any atom is -0.333 e. The van der Waals surface area contributed by atoms with Gasteiger partial charge in [-0.25, -0.2) is 26.6 Å². The van der Waals surface area contributed by atoms with Crippen molar-refractivity contribution in [2.75, 3.05) is 18.1 Å². The molecular weight excluding hydrogens is 572 g/mol. The molecule has 1 unspecified atom stereocenters. The molecule has 0 aliphatic carbocycles. The minimum atomic E-state index is -4.97. The van der Waals surface area contributed by atoms with E-state index in [9.17, 15) is 39.6 Å². The molecule has 0 saturated carbocycles. The molecule has 2 heterocycles. The first-order valence-electron chi connectivity index (χ1n) is 12.6. The molecular formula is C28H33F6N3O3S. The van der Waals surface area contributed by atoms with Crippen molar-refractivity contribution in [3.05, 3.63) is 70.4 Å². The quantitative estimate of drug-likeness (QED) is 0.223. The van der Waals surface area contributed by atoms with Crippen LogP contribution in [0.3, 0.4) is 0 Å². The van der Waals surface area contributed by atoms with Crippen LogP contribution in [0.25, 0.3) is 5.65 Å². The van der Waals surface area contributed by atoms with E-state index in [1.165, 1.54) is 20.8 Å². The van der Waals surface area contributed by atoms with E-state index in [0.29, 0.717) is 18.2 Å². The maximum absolute atomic E-state index is 14.3. The second-order valence-electron chi connectivity index (χ2n) is 8.56. The number of carbonyl (C=O) groups excluding carboxylic acids is 1. The monoisotopic (exact) mass is 605 g/mol. The second kappa shape index (κ2) is 14.9. The predicted octanol–water partition coefficient (Wildman–Crippen LogP) is 6.31. The third kappa shape index (κ3) is 9.24. The van der Waals surface area contributed by atoms with Crippen molar-refractivity contribution in [2.24, 2.45) is 0 Å². The molecule has 1 aromatic carbocycles. The predicted molar refractivity (Wildman–Crippen MR) is 145 cm³/mol. The number of terminal acetylenes is 1. The van der Waals surface area contributed by atoms with Gasteiger partial charge in [-0.2, -0.15) is 13.2 Å². The van der Waals surface area contributed by atoms with Crippen molar-refractivity contribution < 1.29 is 39.6 Å². The van der Waals surface area contributed by atoms with E-state index in [1.807, 2.05) is 13.8 Å². The fourth-order valence-electron chi connectivity index (χ4n) is 3.84. The Bertz CT molecular complexity index is 1490. The average Bonchev–Trinajstić information content (AvgIpc) is 3.22. The van der Waals surface area contributed by atoms with Crippen molar-refractivity contribution >= 4 is 21.4 Å². The number of pyridine rings is 1. The number of aromatic nitrogens is 2. The number of rotatable bonds is 8. The smallest absolute Gasteiger partial charge is 0.333 e. The van der Waals surface area contributed by atoms with Crippen molar-refractivity contribution in [1.82, 2.24) is 14.3 Å². The summed E-state index contributed by atoms with van der Waals surface area (Å²) in [5, 5.41) is 0. The molecule has 0 radical (unpaired) electrons. The van der Waals surface area contributed by atoms with Crippen molar-refractivity contribution in [1.29, 1.82) is 0 Å². The van der Waals surface area contributed by atoms with Crippen LogP contribution in [0.1, 0.15) is 63.2 Å². The number of amides is 1. The van der Waals surface area contributed by atoms with E-state index in [4.69, 9.17) is 0 Å². The number of fused-ring (bicyclic) bond motifs is 1. The van der Waals surface area contributed by atoms with Gasteiger partial charge >= 0.3 is 6.18 Å². The highest BCUT2D eigenvalue weighted by Gasteiger charge is 2.35. The number of aryl methyl sites for hydroxylation is 1. The number of imidazole rings is 1. The van der Waals surface area contributed by atoms with Crippen LogP contribution in [0, 0.1) is 36.7 Å². The summed E-state index contributed by atoms with van der Waals surface area (Å²) < 4.78 is 106. The largest absolute Gasteiger partial charge is 0.419 e. The van der Waals surface area contributed by atoms with Crippen LogP contribution >= 0.6 is 0 Å². The van der Waals surface area contributed by atoms with Crippen LogP contribution in [-0.4, -0.2) is 46.7 Å². The molecule has 13 heteroatoms. The van der Waals surface area contributed by atoms with Gasteiger partial charge in [-0.15, -0.1) is 12.3 Å². The van der Waals surface area contributed by atoms with Crippen LogP contribution in [0.5, 0.6) is 0 Å². The molecule has 0 aliphatic rings. The second-order valence-corrected chi connectivity index (χ2v) is 11.0. The van der Waals surface area contributed by atoms with Gasteiger partial charge in [-0.3, -0.25) is 9.20 Å². The average molecular weight is 606 g/mol. The molecule has 0 saturated heterocycles. The Kier molecular flexibility index (Phi) is 12.9. The number of nitrogens with zero attached hydrogens (tertiary/aromatic N) is 3. The molecule has 1 atom stereocenters. The maximum atomic E-state index is 14.3. The highest BCUT2D eigenvalue weighted by Crippen LogP contribution is 2.32. The molecule has 3 rings (SSSR count). The van der Waals surface area contributed by atoms with E-state index >= 15 is 0 Å². The third-order valence-electron chi connectivity index (χ3n) is 5.88. The van der Waals surface area contributed by atoms with Gasteiger partial charge in [0.05, 0.1) is 29.5 Å². The van der Waals surface area contributed by atoms with E-state index < -0.39 is 63.2 Å². The summed E-state index contributed by atoms with van der Waals surface area (Å²) >= 11 is 0. The Morgan fingerprint density at radius 3 is 2.27 bits per heavy atom. The Labute approximate surface area is 236 Å². The Hall–Kier alpha value is -3.53. The van der Waals surface area contributed by atoms with Gasteiger partial charge in [0, 0.05) is 30.3 Å². The van der Waals surface area contributed by atoms with Crippen LogP contribution in [0.2, 0.25) is 0 Å². The highest BCUT2D eigenvalue weighted by atomic mass is 32.2. The number of halogens is 6. The van der Waals surface area contributed by atoms with Gasteiger partial charge in [0.2, 0.25) is 5.91 Å². The SMILES string of the molecule is C#CC.CC.CCS(=O)(=O)CCN(C(=O)Cc1ccc(F)c(C(F)(F)F)c1)C(C)c1nc2c(F)cc(F)cn2c1C. The Balaban J connectivity index is 0.00000157. The van der Waals surface area contributed by atoms with Gasteiger partial charge in [-0.05, 0) is 38.5 Å². The van der Waals surface area contributed by atoms with Crippen LogP contribution in [0.4, 0.5) is 26.3 Å². The number of hydrogen-bond donors (Lipinski definition) is 0. The molecule has 0 N–H and O–H groups in total. The summed E-state index contributed by atoms with van der Waals surface area (Å²) in [6.45, 7) is 9.75. The van der Waals surface area contributed by atoms with Crippen LogP contribution in [0.15, 0.2) is 30.5 Å². The first kappa shape index (κ1) is 35.5. The summed E-state index contributed by atoms with van der Waals surface area (Å²) in [5.74, 6) is -2.45. The van der Waals surface area contributed by atoms with E-state index in [2.05, 4.69) is 17.3 Å². The van der Waals surface area contributed by atoms with Gasteiger partial charge in [0.25, 0.3) is 0 Å². The standard InChI is InChI=1S/C23H23F6N3O3S.C3H4.C2H6/c1-4-36(34,35)8-7-31(20(33)10-15-5-6-18(25)17(9-15)23(27,28)29)13(2)21-14(3)32-12-16(24)11-19(26)22(32)30-21;1-3-2;1-2/h5-6,9,11-13H,4,7-8,10H2,1-3H3;1H,2H3;1-2H3. The lowest BCUT2D eigenvalue weighted by molar-refractivity contribution is -0.140. The summed E-state index contributed by atoms with van der Waals surface area (Å²) in [4.78, 5) is 18.5. The first-order valence-corrected chi connectivity index (χ1v) is 14.4. The zero-order valence-electron chi connectivity index (χ0n) is 23.6. The van der Waals surface area contributed by atoms with Gasteiger partial charge < -0.3 is 4.90 Å². The zero-order chi connectivity index (χ0) is 31.7. The molecule has 1 amide bonds. The first-order chi connectivity index (χ1) is 19.1. The lowest BCUT2D eigenvalue weighted by Gasteiger charge is -2.29. The molecule has 0 fully saturated rings. The summed E-state index contributed by atoms with van der Waals surface area (Å²) in [5.41, 5.74) is -1.44. The third-order valence-corrected chi connectivity index (χ3v) is 7.56. The fourth-order valence-corrected chi connectivity index (χ4v) is 4.60. The Morgan fingerprint density at radius 2 is 1.73 bits per heavy atom. The molecule has 0 aliphatic heterocycles. The number of benzene rings is 1. The normalized spacial score (nSPS) is 12.0. The van der Waals surface area contributed by atoms with Gasteiger partial charge in [0.15, 0.2) is 21.3 Å². The molecule has 226 valence electrons. The van der Waals surface area contributed by atoms with E-state index in [0.717, 1.165) is 21.6 Å². The van der Waals surface area contributed by atoms with Gasteiger partial charge in [-0.1, -0.05) is 26.8 Å². The number of carbonyl (C=O) groups is 1. The summed E-state index contributed by atoms with van der Waals surface area (Å²) in [6, 6.07) is 1.84. The maximum Gasteiger partial charge on any atom is 0.419 e. The van der Waals surface area contributed by atoms with E-state index in [1.54, 1.807) is 6.92 Å². The van der Waals surface area contributed by atoms with Crippen LogP contribution in [-0.2, 0) is 27.2 Å². The summed E-state index contributed by atoms with van der Waals surface area (Å²) in [6.07, 6.45) is 0.0372. The van der Waals surface area contributed by atoms with Crippen molar-refractivity contribution in [3.8, 4) is 12.3 Å². The zero-order valence-corrected chi connectivity index (χ0v) is 24.4. The Morgan fingerprint density at radius 1 is 1.15 bits per heavy atom. The number of sulfone groups is 1. The molecule has 6 nitrogen and oxygen atoms in total. The van der Waals surface area contributed by atoms with Crippen molar-refractivity contribution in [3.63, 3.8) is 0 Å². The molecule has 0 spiro atoms. The fraction of sp³-hybridized carbons (Fsp3) is 0.429. The molecule has 0 bridgehead atoms. The lowest BCUT2D eigenvalue weighted by Crippen LogP contribution is -2.39. The molecule has 41 heavy (non-hydrogen) atoms. The molecule has 2 aromatic heterocycles. The topological polar surface area (TPSA) is 71.8 Å². The van der Waals surface area contributed by atoms with Crippen molar-refractivity contribution in [2.45, 2.75) is 60.2 Å². The van der Waals surface area contributed by atoms with Gasteiger partial charge in [0.1, 0.15) is 11.6 Å². The number of alkyl halides is 3. The highest BCUT2D eigenvalue weighted by molar-refractivity contribution is 7.91. The lowest BCUT2D eigenvalue weighted by atomic mass is 10.1. The molecule has 3 aromatic rings. The number of hydrogen-bond acceptors (Lipinski definition) is 4.